The van der Waals surface area contributed by atoms with Crippen molar-refractivity contribution in [2.75, 3.05) is 26.3 Å². The molecule has 1 fully saturated rings. The predicted molar refractivity (Wildman–Crippen MR) is 63.4 cm³/mol. The molecule has 0 saturated carbocycles. The summed E-state index contributed by atoms with van der Waals surface area (Å²) in [6, 6.07) is 6.29. The SMILES string of the molecule is NC(=O)Oc1ccc(C(=O)N2CCOCC2)cc1. The van der Waals surface area contributed by atoms with Gasteiger partial charge < -0.3 is 20.1 Å². The zero-order valence-corrected chi connectivity index (χ0v) is 9.80. The Morgan fingerprint density at radius 2 is 1.78 bits per heavy atom. The molecule has 6 nitrogen and oxygen atoms in total. The molecule has 2 amide bonds. The van der Waals surface area contributed by atoms with Crippen LogP contribution in [0.2, 0.25) is 0 Å². The highest BCUT2D eigenvalue weighted by Gasteiger charge is 2.18. The number of carbonyl (C=O) groups is 2. The number of morpholine rings is 1. The summed E-state index contributed by atoms with van der Waals surface area (Å²) in [5, 5.41) is 0. The van der Waals surface area contributed by atoms with E-state index in [9.17, 15) is 9.59 Å². The van der Waals surface area contributed by atoms with Crippen molar-refractivity contribution in [1.29, 1.82) is 0 Å². The molecule has 0 radical (unpaired) electrons. The number of nitrogens with zero attached hydrogens (tertiary/aromatic N) is 1. The number of primary amides is 1. The highest BCUT2D eigenvalue weighted by Crippen LogP contribution is 2.14. The van der Waals surface area contributed by atoms with Crippen LogP contribution in [0.3, 0.4) is 0 Å². The summed E-state index contributed by atoms with van der Waals surface area (Å²) < 4.78 is 9.87. The van der Waals surface area contributed by atoms with E-state index in [1.165, 1.54) is 0 Å². The molecule has 0 atom stereocenters. The monoisotopic (exact) mass is 250 g/mol. The van der Waals surface area contributed by atoms with E-state index < -0.39 is 6.09 Å². The van der Waals surface area contributed by atoms with Crippen molar-refractivity contribution in [3.63, 3.8) is 0 Å². The van der Waals surface area contributed by atoms with Crippen LogP contribution >= 0.6 is 0 Å². The van der Waals surface area contributed by atoms with Crippen LogP contribution in [0.5, 0.6) is 5.75 Å². The second-order valence-electron chi connectivity index (χ2n) is 3.85. The summed E-state index contributed by atoms with van der Waals surface area (Å²) in [6.07, 6.45) is -0.873. The van der Waals surface area contributed by atoms with Gasteiger partial charge in [-0.2, -0.15) is 0 Å². The van der Waals surface area contributed by atoms with Crippen LogP contribution in [-0.2, 0) is 4.74 Å². The van der Waals surface area contributed by atoms with E-state index in [-0.39, 0.29) is 5.91 Å². The Bertz CT molecular complexity index is 438. The molecule has 1 saturated heterocycles. The molecule has 1 aliphatic rings. The highest BCUT2D eigenvalue weighted by molar-refractivity contribution is 5.94. The Hall–Kier alpha value is -2.08. The molecule has 2 N–H and O–H groups in total. The number of carbonyl (C=O) groups excluding carboxylic acids is 2. The van der Waals surface area contributed by atoms with Crippen LogP contribution in [0, 0.1) is 0 Å². The van der Waals surface area contributed by atoms with Gasteiger partial charge in [0, 0.05) is 18.7 Å². The lowest BCUT2D eigenvalue weighted by molar-refractivity contribution is 0.0303. The quantitative estimate of drug-likeness (QED) is 0.834. The minimum absolute atomic E-state index is 0.0519. The summed E-state index contributed by atoms with van der Waals surface area (Å²) in [7, 11) is 0. The zero-order valence-electron chi connectivity index (χ0n) is 9.80. The molecular weight excluding hydrogens is 236 g/mol. The van der Waals surface area contributed by atoms with Crippen LogP contribution in [0.15, 0.2) is 24.3 Å². The van der Waals surface area contributed by atoms with Crippen LogP contribution in [0.25, 0.3) is 0 Å². The second-order valence-corrected chi connectivity index (χ2v) is 3.85. The fourth-order valence-corrected chi connectivity index (χ4v) is 1.73. The van der Waals surface area contributed by atoms with Gasteiger partial charge in [0.05, 0.1) is 13.2 Å². The molecule has 0 aliphatic carbocycles. The Morgan fingerprint density at radius 1 is 1.17 bits per heavy atom. The zero-order chi connectivity index (χ0) is 13.0. The van der Waals surface area contributed by atoms with Gasteiger partial charge in [-0.1, -0.05) is 0 Å². The second kappa shape index (κ2) is 5.50. The third kappa shape index (κ3) is 2.98. The lowest BCUT2D eigenvalue weighted by atomic mass is 10.2. The standard InChI is InChI=1S/C12H14N2O4/c13-12(16)18-10-3-1-9(2-4-10)11(15)14-5-7-17-8-6-14/h1-4H,5-8H2,(H2,13,16). The summed E-state index contributed by atoms with van der Waals surface area (Å²) in [4.78, 5) is 24.3. The average molecular weight is 250 g/mol. The third-order valence-corrected chi connectivity index (χ3v) is 2.62. The molecular formula is C12H14N2O4. The molecule has 0 bridgehead atoms. The minimum atomic E-state index is -0.873. The molecule has 1 aromatic rings. The summed E-state index contributed by atoms with van der Waals surface area (Å²) in [5.41, 5.74) is 5.44. The number of amides is 2. The highest BCUT2D eigenvalue weighted by atomic mass is 16.5. The summed E-state index contributed by atoms with van der Waals surface area (Å²) in [5.74, 6) is 0.268. The molecule has 1 aromatic carbocycles. The van der Waals surface area contributed by atoms with E-state index in [4.69, 9.17) is 10.5 Å². The van der Waals surface area contributed by atoms with E-state index in [1.807, 2.05) is 0 Å². The van der Waals surface area contributed by atoms with Gasteiger partial charge in [-0.3, -0.25) is 4.79 Å². The van der Waals surface area contributed by atoms with Gasteiger partial charge in [-0.25, -0.2) is 4.79 Å². The third-order valence-electron chi connectivity index (χ3n) is 2.62. The topological polar surface area (TPSA) is 81.9 Å². The first kappa shape index (κ1) is 12.4. The molecule has 96 valence electrons. The van der Waals surface area contributed by atoms with E-state index in [0.29, 0.717) is 37.6 Å². The van der Waals surface area contributed by atoms with Crippen LogP contribution < -0.4 is 10.5 Å². The fraction of sp³-hybridized carbons (Fsp3) is 0.333. The number of rotatable bonds is 2. The molecule has 0 aromatic heterocycles. The summed E-state index contributed by atoms with van der Waals surface area (Å²) in [6.45, 7) is 2.32. The van der Waals surface area contributed by atoms with Crippen molar-refractivity contribution in [2.45, 2.75) is 0 Å². The maximum atomic E-state index is 12.1. The van der Waals surface area contributed by atoms with E-state index in [2.05, 4.69) is 4.74 Å². The van der Waals surface area contributed by atoms with Crippen LogP contribution in [-0.4, -0.2) is 43.2 Å². The van der Waals surface area contributed by atoms with Crippen molar-refractivity contribution in [2.24, 2.45) is 5.73 Å². The van der Waals surface area contributed by atoms with Crippen LogP contribution in [0.4, 0.5) is 4.79 Å². The average Bonchev–Trinajstić information content (AvgIpc) is 2.39. The predicted octanol–water partition coefficient (Wildman–Crippen LogP) is 0.616. The van der Waals surface area contributed by atoms with Crippen molar-refractivity contribution in [3.8, 4) is 5.75 Å². The smallest absolute Gasteiger partial charge is 0.409 e. The lowest BCUT2D eigenvalue weighted by Crippen LogP contribution is -2.40. The number of nitrogens with two attached hydrogens (primary N) is 1. The minimum Gasteiger partial charge on any atom is -0.411 e. The first-order chi connectivity index (χ1) is 8.66. The molecule has 18 heavy (non-hydrogen) atoms. The number of ether oxygens (including phenoxy) is 2. The Balaban J connectivity index is 2.04. The van der Waals surface area contributed by atoms with Crippen molar-refractivity contribution < 1.29 is 19.1 Å². The van der Waals surface area contributed by atoms with Gasteiger partial charge in [0.2, 0.25) is 0 Å². The van der Waals surface area contributed by atoms with Gasteiger partial charge in [0.15, 0.2) is 0 Å². The largest absolute Gasteiger partial charge is 0.411 e. The van der Waals surface area contributed by atoms with Gasteiger partial charge in [0.1, 0.15) is 5.75 Å². The Morgan fingerprint density at radius 3 is 2.33 bits per heavy atom. The van der Waals surface area contributed by atoms with E-state index >= 15 is 0 Å². The fourth-order valence-electron chi connectivity index (χ4n) is 1.73. The molecule has 0 spiro atoms. The maximum absolute atomic E-state index is 12.1. The first-order valence-corrected chi connectivity index (χ1v) is 5.61. The number of hydrogen-bond donors (Lipinski definition) is 1. The molecule has 1 heterocycles. The number of hydrogen-bond acceptors (Lipinski definition) is 4. The lowest BCUT2D eigenvalue weighted by Gasteiger charge is -2.26. The molecule has 2 rings (SSSR count). The molecule has 6 heteroatoms. The van der Waals surface area contributed by atoms with Crippen LogP contribution in [0.1, 0.15) is 10.4 Å². The van der Waals surface area contributed by atoms with E-state index in [1.54, 1.807) is 29.2 Å². The normalized spacial score (nSPS) is 15.2. The van der Waals surface area contributed by atoms with Crippen molar-refractivity contribution >= 4 is 12.0 Å². The van der Waals surface area contributed by atoms with Gasteiger partial charge in [-0.15, -0.1) is 0 Å². The van der Waals surface area contributed by atoms with Gasteiger partial charge in [-0.05, 0) is 24.3 Å². The van der Waals surface area contributed by atoms with Gasteiger partial charge >= 0.3 is 6.09 Å². The van der Waals surface area contributed by atoms with Crippen molar-refractivity contribution in [3.05, 3.63) is 29.8 Å². The molecule has 0 unspecified atom stereocenters. The Kier molecular flexibility index (Phi) is 3.78. The first-order valence-electron chi connectivity index (χ1n) is 5.61. The molecule has 1 aliphatic heterocycles. The Labute approximate surface area is 104 Å². The number of benzene rings is 1. The van der Waals surface area contributed by atoms with Gasteiger partial charge in [0.25, 0.3) is 5.91 Å². The summed E-state index contributed by atoms with van der Waals surface area (Å²) >= 11 is 0. The maximum Gasteiger partial charge on any atom is 0.409 e. The van der Waals surface area contributed by atoms with Crippen molar-refractivity contribution in [1.82, 2.24) is 4.90 Å². The van der Waals surface area contributed by atoms with E-state index in [0.717, 1.165) is 0 Å².